The van der Waals surface area contributed by atoms with Gasteiger partial charge in [0.2, 0.25) is 0 Å². The Kier molecular flexibility index (Phi) is 3.57. The third-order valence-electron chi connectivity index (χ3n) is 2.85. The molecule has 0 aliphatic rings. The van der Waals surface area contributed by atoms with Crippen molar-refractivity contribution >= 4 is 17.1 Å². The number of halogens is 4. The van der Waals surface area contributed by atoms with Crippen LogP contribution in [0.15, 0.2) is 36.4 Å². The molecule has 2 aromatic carbocycles. The van der Waals surface area contributed by atoms with Gasteiger partial charge < -0.3 is 11.1 Å². The summed E-state index contributed by atoms with van der Waals surface area (Å²) in [4.78, 5) is 0. The van der Waals surface area contributed by atoms with E-state index in [4.69, 9.17) is 5.73 Å². The molecule has 0 amide bonds. The summed E-state index contributed by atoms with van der Waals surface area (Å²) in [7, 11) is 0. The first-order valence-corrected chi connectivity index (χ1v) is 5.77. The minimum atomic E-state index is -4.42. The van der Waals surface area contributed by atoms with E-state index in [1.54, 1.807) is 6.92 Å². The fourth-order valence-electron chi connectivity index (χ4n) is 1.73. The van der Waals surface area contributed by atoms with Gasteiger partial charge in [0.15, 0.2) is 0 Å². The van der Waals surface area contributed by atoms with Gasteiger partial charge in [0, 0.05) is 5.69 Å². The lowest BCUT2D eigenvalue weighted by atomic mass is 10.1. The molecule has 0 aliphatic carbocycles. The summed E-state index contributed by atoms with van der Waals surface area (Å²) < 4.78 is 50.9. The lowest BCUT2D eigenvalue weighted by Gasteiger charge is -2.14. The maximum atomic E-state index is 12.9. The lowest BCUT2D eigenvalue weighted by Crippen LogP contribution is -2.06. The molecule has 0 unspecified atom stereocenters. The van der Waals surface area contributed by atoms with Gasteiger partial charge in [-0.1, -0.05) is 6.07 Å². The van der Waals surface area contributed by atoms with Gasteiger partial charge in [0.1, 0.15) is 5.82 Å². The van der Waals surface area contributed by atoms with Crippen LogP contribution in [-0.4, -0.2) is 0 Å². The van der Waals surface area contributed by atoms with Crippen molar-refractivity contribution in [2.75, 3.05) is 11.1 Å². The highest BCUT2D eigenvalue weighted by Crippen LogP contribution is 2.33. The van der Waals surface area contributed by atoms with E-state index in [0.717, 1.165) is 18.2 Å². The fraction of sp³-hybridized carbons (Fsp3) is 0.143. The molecule has 0 spiro atoms. The van der Waals surface area contributed by atoms with E-state index in [0.29, 0.717) is 11.3 Å². The summed E-state index contributed by atoms with van der Waals surface area (Å²) in [6.07, 6.45) is -4.42. The van der Waals surface area contributed by atoms with E-state index in [9.17, 15) is 17.6 Å². The average Bonchev–Trinajstić information content (AvgIpc) is 2.33. The predicted molar refractivity (Wildman–Crippen MR) is 70.3 cm³/mol. The third kappa shape index (κ3) is 3.01. The Bertz CT molecular complexity index is 636. The molecular weight excluding hydrogens is 272 g/mol. The number of nitrogens with one attached hydrogen (secondary N) is 1. The molecule has 2 nitrogen and oxygen atoms in total. The average molecular weight is 284 g/mol. The first-order valence-electron chi connectivity index (χ1n) is 5.77. The molecule has 0 saturated carbocycles. The summed E-state index contributed by atoms with van der Waals surface area (Å²) in [5, 5.41) is 2.79. The van der Waals surface area contributed by atoms with Crippen LogP contribution in [0.1, 0.15) is 11.1 Å². The number of aryl methyl sites for hydroxylation is 1. The molecule has 0 heterocycles. The molecule has 0 saturated heterocycles. The van der Waals surface area contributed by atoms with E-state index in [-0.39, 0.29) is 11.4 Å². The Labute approximate surface area is 113 Å². The monoisotopic (exact) mass is 284 g/mol. The second-order valence-corrected chi connectivity index (χ2v) is 4.38. The Morgan fingerprint density at radius 2 is 1.70 bits per heavy atom. The summed E-state index contributed by atoms with van der Waals surface area (Å²) >= 11 is 0. The highest BCUT2D eigenvalue weighted by molar-refractivity contribution is 5.74. The Morgan fingerprint density at radius 1 is 1.00 bits per heavy atom. The zero-order valence-electron chi connectivity index (χ0n) is 10.6. The Hall–Kier alpha value is -2.24. The van der Waals surface area contributed by atoms with Gasteiger partial charge in [-0.15, -0.1) is 0 Å². The quantitative estimate of drug-likeness (QED) is 0.630. The highest BCUT2D eigenvalue weighted by atomic mass is 19.4. The van der Waals surface area contributed by atoms with Crippen LogP contribution in [0.2, 0.25) is 0 Å². The summed E-state index contributed by atoms with van der Waals surface area (Å²) in [6.45, 7) is 1.67. The lowest BCUT2D eigenvalue weighted by molar-refractivity contribution is -0.137. The van der Waals surface area contributed by atoms with E-state index < -0.39 is 17.6 Å². The molecule has 0 atom stereocenters. The number of nitrogens with two attached hydrogens (primary N) is 1. The van der Waals surface area contributed by atoms with Crippen molar-refractivity contribution < 1.29 is 17.6 Å². The van der Waals surface area contributed by atoms with Crippen molar-refractivity contribution in [3.05, 3.63) is 53.3 Å². The normalized spacial score (nSPS) is 11.4. The van der Waals surface area contributed by atoms with E-state index in [2.05, 4.69) is 5.32 Å². The van der Waals surface area contributed by atoms with Crippen LogP contribution < -0.4 is 11.1 Å². The molecule has 3 N–H and O–H groups in total. The number of benzene rings is 2. The second kappa shape index (κ2) is 5.03. The van der Waals surface area contributed by atoms with Crippen LogP contribution in [0.25, 0.3) is 0 Å². The predicted octanol–water partition coefficient (Wildman–Crippen LogP) is 4.48. The van der Waals surface area contributed by atoms with Crippen molar-refractivity contribution in [3.8, 4) is 0 Å². The van der Waals surface area contributed by atoms with Gasteiger partial charge in [-0.05, 0) is 42.8 Å². The smallest absolute Gasteiger partial charge is 0.397 e. The number of hydrogen-bond acceptors (Lipinski definition) is 2. The maximum absolute atomic E-state index is 12.9. The van der Waals surface area contributed by atoms with Crippen LogP contribution in [0, 0.1) is 12.7 Å². The first kappa shape index (κ1) is 14.2. The summed E-state index contributed by atoms with van der Waals surface area (Å²) in [6, 6.07) is 7.04. The largest absolute Gasteiger partial charge is 0.416 e. The topological polar surface area (TPSA) is 38.0 Å². The van der Waals surface area contributed by atoms with Crippen molar-refractivity contribution in [2.24, 2.45) is 0 Å². The molecule has 106 valence electrons. The van der Waals surface area contributed by atoms with Gasteiger partial charge >= 0.3 is 6.18 Å². The van der Waals surface area contributed by atoms with Gasteiger partial charge in [-0.25, -0.2) is 4.39 Å². The molecule has 2 rings (SSSR count). The van der Waals surface area contributed by atoms with Crippen molar-refractivity contribution in [1.29, 1.82) is 0 Å². The fourth-order valence-corrected chi connectivity index (χ4v) is 1.73. The molecule has 0 aromatic heterocycles. The highest BCUT2D eigenvalue weighted by Gasteiger charge is 2.30. The molecule has 0 radical (unpaired) electrons. The molecule has 2 aromatic rings. The van der Waals surface area contributed by atoms with Gasteiger partial charge in [-0.3, -0.25) is 0 Å². The van der Waals surface area contributed by atoms with E-state index >= 15 is 0 Å². The minimum absolute atomic E-state index is 0.127. The minimum Gasteiger partial charge on any atom is -0.397 e. The Morgan fingerprint density at radius 3 is 2.30 bits per heavy atom. The van der Waals surface area contributed by atoms with Gasteiger partial charge in [-0.2, -0.15) is 13.2 Å². The number of nitrogen functional groups attached to an aromatic ring is 1. The van der Waals surface area contributed by atoms with Crippen molar-refractivity contribution in [2.45, 2.75) is 13.1 Å². The molecule has 0 aliphatic heterocycles. The third-order valence-corrected chi connectivity index (χ3v) is 2.85. The molecular formula is C14H12F4N2. The molecule has 6 heteroatoms. The number of anilines is 3. The van der Waals surface area contributed by atoms with Crippen LogP contribution in [0.5, 0.6) is 0 Å². The van der Waals surface area contributed by atoms with Gasteiger partial charge in [0.25, 0.3) is 0 Å². The van der Waals surface area contributed by atoms with Crippen molar-refractivity contribution in [3.63, 3.8) is 0 Å². The van der Waals surface area contributed by atoms with Crippen LogP contribution in [0.3, 0.4) is 0 Å². The number of hydrogen-bond donors (Lipinski definition) is 2. The summed E-state index contributed by atoms with van der Waals surface area (Å²) in [5.74, 6) is -0.506. The van der Waals surface area contributed by atoms with E-state index in [1.165, 1.54) is 18.2 Å². The number of rotatable bonds is 2. The molecule has 0 fully saturated rings. The summed E-state index contributed by atoms with van der Waals surface area (Å²) in [5.41, 5.74) is 6.25. The molecule has 20 heavy (non-hydrogen) atoms. The second-order valence-electron chi connectivity index (χ2n) is 4.38. The van der Waals surface area contributed by atoms with Gasteiger partial charge in [0.05, 0.1) is 16.9 Å². The van der Waals surface area contributed by atoms with Crippen LogP contribution >= 0.6 is 0 Å². The van der Waals surface area contributed by atoms with Crippen LogP contribution in [0.4, 0.5) is 34.6 Å². The maximum Gasteiger partial charge on any atom is 0.416 e. The SMILES string of the molecule is Cc1ccc(C(F)(F)F)cc1Nc1ccc(F)cc1N. The standard InChI is InChI=1S/C14H12F4N2/c1-8-2-3-9(14(16,17)18)6-13(8)20-12-5-4-10(15)7-11(12)19/h2-7,20H,19H2,1H3. The Balaban J connectivity index is 2.38. The molecule has 0 bridgehead atoms. The van der Waals surface area contributed by atoms with Crippen LogP contribution in [-0.2, 0) is 6.18 Å². The zero-order valence-corrected chi connectivity index (χ0v) is 10.6. The van der Waals surface area contributed by atoms with E-state index in [1.807, 2.05) is 0 Å². The number of alkyl halides is 3. The van der Waals surface area contributed by atoms with Crippen molar-refractivity contribution in [1.82, 2.24) is 0 Å². The zero-order chi connectivity index (χ0) is 14.9. The first-order chi connectivity index (χ1) is 9.27.